The number of benzene rings is 1. The summed E-state index contributed by atoms with van der Waals surface area (Å²) in [6.45, 7) is 5.19. The van der Waals surface area contributed by atoms with Gasteiger partial charge in [0.1, 0.15) is 5.75 Å². The van der Waals surface area contributed by atoms with Gasteiger partial charge in [-0.25, -0.2) is 0 Å². The standard InChI is InChI=1S/C15H19ClN2OS2/c1-9-13-12-10(16)5-4-6-11(12)19-15(9,2)18(7-8-21-3)14(20)17-13/h4-6,9,13H,7-8H2,1-3H3,(H,17,20). The first kappa shape index (κ1) is 15.3. The Morgan fingerprint density at radius 2 is 2.29 bits per heavy atom. The molecule has 21 heavy (non-hydrogen) atoms. The third-order valence-corrected chi connectivity index (χ3v) is 5.82. The predicted molar refractivity (Wildman–Crippen MR) is 93.2 cm³/mol. The summed E-state index contributed by atoms with van der Waals surface area (Å²) in [5, 5.41) is 4.95. The van der Waals surface area contributed by atoms with Gasteiger partial charge in [-0.05, 0) is 37.5 Å². The van der Waals surface area contributed by atoms with Crippen LogP contribution in [-0.4, -0.2) is 34.3 Å². The minimum atomic E-state index is -0.430. The first-order chi connectivity index (χ1) is 9.99. The number of ether oxygens (including phenoxy) is 1. The monoisotopic (exact) mass is 342 g/mol. The van der Waals surface area contributed by atoms with Crippen molar-refractivity contribution in [2.45, 2.75) is 25.6 Å². The van der Waals surface area contributed by atoms with Crippen molar-refractivity contribution in [3.05, 3.63) is 28.8 Å². The Kier molecular flexibility index (Phi) is 4.01. The van der Waals surface area contributed by atoms with Gasteiger partial charge in [-0.3, -0.25) is 0 Å². The molecule has 3 unspecified atom stereocenters. The van der Waals surface area contributed by atoms with Crippen LogP contribution >= 0.6 is 35.6 Å². The van der Waals surface area contributed by atoms with Gasteiger partial charge in [0.05, 0.1) is 6.04 Å². The molecule has 2 bridgehead atoms. The van der Waals surface area contributed by atoms with E-state index in [-0.39, 0.29) is 12.0 Å². The summed E-state index contributed by atoms with van der Waals surface area (Å²) < 4.78 is 6.37. The number of halogens is 1. The molecular weight excluding hydrogens is 324 g/mol. The summed E-state index contributed by atoms with van der Waals surface area (Å²) in [7, 11) is 0. The van der Waals surface area contributed by atoms with Crippen LogP contribution in [0.1, 0.15) is 25.5 Å². The van der Waals surface area contributed by atoms with Crippen molar-refractivity contribution >= 4 is 40.7 Å². The molecule has 3 rings (SSSR count). The number of rotatable bonds is 3. The molecular formula is C15H19ClN2OS2. The summed E-state index contributed by atoms with van der Waals surface area (Å²) in [4.78, 5) is 2.17. The smallest absolute Gasteiger partial charge is 0.186 e. The lowest BCUT2D eigenvalue weighted by Gasteiger charge is -2.56. The van der Waals surface area contributed by atoms with Crippen LogP contribution in [-0.2, 0) is 0 Å². The number of hydrogen-bond donors (Lipinski definition) is 1. The number of thioether (sulfide) groups is 1. The van der Waals surface area contributed by atoms with Gasteiger partial charge in [-0.2, -0.15) is 11.8 Å². The van der Waals surface area contributed by atoms with E-state index in [0.29, 0.717) is 0 Å². The molecule has 2 heterocycles. The van der Waals surface area contributed by atoms with Crippen molar-refractivity contribution in [1.29, 1.82) is 0 Å². The molecule has 0 radical (unpaired) electrons. The lowest BCUT2D eigenvalue weighted by atomic mass is 9.81. The molecule has 3 atom stereocenters. The summed E-state index contributed by atoms with van der Waals surface area (Å²) in [5.41, 5.74) is 0.594. The van der Waals surface area contributed by atoms with E-state index >= 15 is 0 Å². The molecule has 114 valence electrons. The molecule has 0 amide bonds. The number of nitrogens with zero attached hydrogens (tertiary/aromatic N) is 1. The van der Waals surface area contributed by atoms with Gasteiger partial charge in [-0.15, -0.1) is 0 Å². The Bertz CT molecular complexity index is 583. The molecule has 1 fully saturated rings. The fourth-order valence-corrected chi connectivity index (χ4v) is 4.25. The fraction of sp³-hybridized carbons (Fsp3) is 0.533. The van der Waals surface area contributed by atoms with E-state index in [1.807, 2.05) is 30.0 Å². The molecule has 6 heteroatoms. The molecule has 2 aliphatic heterocycles. The number of hydrogen-bond acceptors (Lipinski definition) is 3. The van der Waals surface area contributed by atoms with Crippen molar-refractivity contribution < 1.29 is 4.74 Å². The number of fused-ring (bicyclic) bond motifs is 4. The SMILES string of the molecule is CSCCN1C(=S)NC2c3c(Cl)cccc3OC1(C)C2C. The minimum absolute atomic E-state index is 0.102. The van der Waals surface area contributed by atoms with E-state index in [2.05, 4.69) is 30.3 Å². The summed E-state index contributed by atoms with van der Waals surface area (Å²) in [5.74, 6) is 2.12. The first-order valence-electron chi connectivity index (χ1n) is 7.03. The molecule has 0 aliphatic carbocycles. The van der Waals surface area contributed by atoms with Crippen LogP contribution in [0.4, 0.5) is 0 Å². The Morgan fingerprint density at radius 3 is 3.00 bits per heavy atom. The van der Waals surface area contributed by atoms with E-state index in [1.54, 1.807) is 0 Å². The zero-order chi connectivity index (χ0) is 15.2. The topological polar surface area (TPSA) is 24.5 Å². The Labute approximate surface area is 140 Å². The maximum Gasteiger partial charge on any atom is 0.186 e. The van der Waals surface area contributed by atoms with E-state index < -0.39 is 5.72 Å². The number of nitrogens with one attached hydrogen (secondary N) is 1. The minimum Gasteiger partial charge on any atom is -0.467 e. The van der Waals surface area contributed by atoms with Crippen molar-refractivity contribution in [2.24, 2.45) is 5.92 Å². The highest BCUT2D eigenvalue weighted by molar-refractivity contribution is 7.98. The van der Waals surface area contributed by atoms with E-state index in [4.69, 9.17) is 28.6 Å². The molecule has 1 aromatic carbocycles. The van der Waals surface area contributed by atoms with E-state index in [9.17, 15) is 0 Å². The lowest BCUT2D eigenvalue weighted by molar-refractivity contribution is -0.108. The van der Waals surface area contributed by atoms with Gasteiger partial charge >= 0.3 is 0 Å². The molecule has 0 aromatic heterocycles. The van der Waals surface area contributed by atoms with Gasteiger partial charge < -0.3 is 15.0 Å². The average molecular weight is 343 g/mol. The van der Waals surface area contributed by atoms with Gasteiger partial charge in [0.15, 0.2) is 10.8 Å². The van der Waals surface area contributed by atoms with Crippen LogP contribution in [0, 0.1) is 5.92 Å². The van der Waals surface area contributed by atoms with Crippen LogP contribution in [0.25, 0.3) is 0 Å². The van der Waals surface area contributed by atoms with Crippen molar-refractivity contribution in [1.82, 2.24) is 10.2 Å². The third kappa shape index (κ3) is 2.30. The normalized spacial score (nSPS) is 30.5. The molecule has 1 saturated heterocycles. The zero-order valence-corrected chi connectivity index (χ0v) is 14.7. The van der Waals surface area contributed by atoms with Crippen molar-refractivity contribution in [3.63, 3.8) is 0 Å². The molecule has 0 saturated carbocycles. The second-order valence-electron chi connectivity index (χ2n) is 5.67. The largest absolute Gasteiger partial charge is 0.467 e. The maximum absolute atomic E-state index is 6.39. The van der Waals surface area contributed by atoms with Crippen LogP contribution in [0.5, 0.6) is 5.75 Å². The lowest BCUT2D eigenvalue weighted by Crippen LogP contribution is -2.69. The maximum atomic E-state index is 6.39. The second kappa shape index (κ2) is 5.52. The van der Waals surface area contributed by atoms with Crippen LogP contribution in [0.3, 0.4) is 0 Å². The third-order valence-electron chi connectivity index (χ3n) is 4.56. The summed E-state index contributed by atoms with van der Waals surface area (Å²) in [6.07, 6.45) is 2.10. The highest BCUT2D eigenvalue weighted by Crippen LogP contribution is 2.49. The van der Waals surface area contributed by atoms with E-state index in [1.165, 1.54) is 0 Å². The Morgan fingerprint density at radius 1 is 1.52 bits per heavy atom. The Hall–Kier alpha value is -0.650. The van der Waals surface area contributed by atoms with Crippen LogP contribution in [0.2, 0.25) is 5.02 Å². The molecule has 1 aromatic rings. The molecule has 2 aliphatic rings. The Balaban J connectivity index is 2.05. The predicted octanol–water partition coefficient (Wildman–Crippen LogP) is 3.68. The molecule has 0 spiro atoms. The van der Waals surface area contributed by atoms with Gasteiger partial charge in [0.25, 0.3) is 0 Å². The fourth-order valence-electron chi connectivity index (χ4n) is 3.20. The average Bonchev–Trinajstić information content (AvgIpc) is 2.42. The van der Waals surface area contributed by atoms with Gasteiger partial charge in [0, 0.05) is 28.8 Å². The zero-order valence-electron chi connectivity index (χ0n) is 12.4. The van der Waals surface area contributed by atoms with Crippen LogP contribution in [0.15, 0.2) is 18.2 Å². The number of thiocarbonyl (C=S) groups is 1. The molecule has 3 nitrogen and oxygen atoms in total. The van der Waals surface area contributed by atoms with Gasteiger partial charge in [-0.1, -0.05) is 24.6 Å². The van der Waals surface area contributed by atoms with Crippen LogP contribution < -0.4 is 10.1 Å². The second-order valence-corrected chi connectivity index (χ2v) is 7.45. The van der Waals surface area contributed by atoms with E-state index in [0.717, 1.165) is 33.7 Å². The highest BCUT2D eigenvalue weighted by Gasteiger charge is 2.53. The summed E-state index contributed by atoms with van der Waals surface area (Å²) >= 11 is 13.8. The first-order valence-corrected chi connectivity index (χ1v) is 9.21. The van der Waals surface area contributed by atoms with Crippen molar-refractivity contribution in [3.8, 4) is 5.75 Å². The summed E-state index contributed by atoms with van der Waals surface area (Å²) in [6, 6.07) is 5.93. The highest BCUT2D eigenvalue weighted by atomic mass is 35.5. The quantitative estimate of drug-likeness (QED) is 0.845. The van der Waals surface area contributed by atoms with Gasteiger partial charge in [0.2, 0.25) is 0 Å². The molecule has 1 N–H and O–H groups in total. The van der Waals surface area contributed by atoms with Crippen molar-refractivity contribution in [2.75, 3.05) is 18.6 Å².